The van der Waals surface area contributed by atoms with Crippen LogP contribution in [-0.2, 0) is 6.61 Å². The van der Waals surface area contributed by atoms with Gasteiger partial charge in [0.05, 0.1) is 23.0 Å². The van der Waals surface area contributed by atoms with Crippen molar-refractivity contribution in [3.63, 3.8) is 0 Å². The lowest BCUT2D eigenvalue weighted by molar-refractivity contribution is 0.0955. The highest BCUT2D eigenvalue weighted by molar-refractivity contribution is 14.1. The predicted octanol–water partition coefficient (Wildman–Crippen LogP) is 7.13. The smallest absolute Gasteiger partial charge is 0.271 e. The van der Waals surface area contributed by atoms with Crippen molar-refractivity contribution in [2.24, 2.45) is 5.10 Å². The van der Waals surface area contributed by atoms with Gasteiger partial charge in [-0.3, -0.25) is 4.79 Å². The summed E-state index contributed by atoms with van der Waals surface area (Å²) < 4.78 is 18.2. The maximum absolute atomic E-state index is 12.4. The van der Waals surface area contributed by atoms with E-state index < -0.39 is 0 Å². The Hall–Kier alpha value is -2.49. The fourth-order valence-corrected chi connectivity index (χ4v) is 4.25. The highest BCUT2D eigenvalue weighted by Crippen LogP contribution is 2.35. The molecule has 3 aromatic carbocycles. The minimum absolute atomic E-state index is 0.262. The Morgan fingerprint density at radius 3 is 2.49 bits per heavy atom. The minimum atomic E-state index is -0.317. The molecule has 3 rings (SSSR count). The van der Waals surface area contributed by atoms with Crippen molar-refractivity contribution >= 4 is 57.9 Å². The number of carbonyl (C=O) groups excluding carboxylic acids is 1. The van der Waals surface area contributed by atoms with Crippen LogP contribution < -0.4 is 19.6 Å². The monoisotopic (exact) mass is 626 g/mol. The molecule has 0 aliphatic carbocycles. The maximum atomic E-state index is 12.4. The average Bonchev–Trinajstić information content (AvgIpc) is 2.83. The number of nitrogens with one attached hydrogen (secondary N) is 1. The first-order valence-electron chi connectivity index (χ1n) is 11.0. The fraction of sp³-hybridized carbons (Fsp3) is 0.231. The Balaban J connectivity index is 1.67. The second-order valence-electron chi connectivity index (χ2n) is 7.36. The first kappa shape index (κ1) is 27.1. The van der Waals surface area contributed by atoms with Gasteiger partial charge in [0.2, 0.25) is 0 Å². The molecule has 0 atom stereocenters. The second-order valence-corrected chi connectivity index (χ2v) is 9.37. The summed E-state index contributed by atoms with van der Waals surface area (Å²) in [7, 11) is 0. The number of ether oxygens (including phenoxy) is 3. The highest BCUT2D eigenvalue weighted by atomic mass is 127. The first-order chi connectivity index (χ1) is 16.9. The largest absolute Gasteiger partial charge is 0.494 e. The lowest BCUT2D eigenvalue weighted by Gasteiger charge is -2.15. The SMILES string of the molecule is CCCOc1ccc(C(=O)N/N=C\c2cc(I)c(OCc3ccc(Cl)cc3Cl)c(OCC)c2)cc1. The Morgan fingerprint density at radius 2 is 1.80 bits per heavy atom. The van der Waals surface area contributed by atoms with Crippen LogP contribution in [-0.4, -0.2) is 25.3 Å². The Bertz CT molecular complexity index is 1190. The zero-order valence-electron chi connectivity index (χ0n) is 19.3. The molecule has 0 heterocycles. The number of amides is 1. The van der Waals surface area contributed by atoms with Crippen molar-refractivity contribution in [1.82, 2.24) is 5.43 Å². The molecule has 9 heteroatoms. The summed E-state index contributed by atoms with van der Waals surface area (Å²) in [5.74, 6) is 1.58. The molecule has 1 N–H and O–H groups in total. The third kappa shape index (κ3) is 8.02. The van der Waals surface area contributed by atoms with E-state index in [0.717, 1.165) is 26.9 Å². The van der Waals surface area contributed by atoms with Crippen molar-refractivity contribution in [3.8, 4) is 17.2 Å². The number of rotatable bonds is 11. The van der Waals surface area contributed by atoms with Gasteiger partial charge in [-0.1, -0.05) is 36.2 Å². The van der Waals surface area contributed by atoms with E-state index >= 15 is 0 Å². The van der Waals surface area contributed by atoms with Gasteiger partial charge in [-0.05, 0) is 90.0 Å². The maximum Gasteiger partial charge on any atom is 0.271 e. The molecule has 35 heavy (non-hydrogen) atoms. The Labute approximate surface area is 228 Å². The van der Waals surface area contributed by atoms with Gasteiger partial charge in [-0.2, -0.15) is 5.10 Å². The van der Waals surface area contributed by atoms with Crippen molar-refractivity contribution in [1.29, 1.82) is 0 Å². The number of hydrogen-bond donors (Lipinski definition) is 1. The van der Waals surface area contributed by atoms with Gasteiger partial charge in [0.15, 0.2) is 11.5 Å². The van der Waals surface area contributed by atoms with Gasteiger partial charge in [0.1, 0.15) is 12.4 Å². The standard InChI is InChI=1S/C26H25Cl2IN2O4/c1-3-11-34-21-9-6-18(7-10-21)26(32)31-30-15-17-12-23(29)25(24(13-17)33-4-2)35-16-19-5-8-20(27)14-22(19)28/h5-10,12-15H,3-4,11,16H2,1-2H3,(H,31,32)/b30-15-. The number of halogens is 3. The molecular weight excluding hydrogens is 602 g/mol. The Morgan fingerprint density at radius 1 is 1.03 bits per heavy atom. The third-order valence-corrected chi connectivity index (χ3v) is 6.08. The third-order valence-electron chi connectivity index (χ3n) is 4.69. The lowest BCUT2D eigenvalue weighted by Crippen LogP contribution is -2.17. The van der Waals surface area contributed by atoms with Gasteiger partial charge < -0.3 is 14.2 Å². The van der Waals surface area contributed by atoms with Crippen LogP contribution in [0.15, 0.2) is 59.7 Å². The average molecular weight is 627 g/mol. The summed E-state index contributed by atoms with van der Waals surface area (Å²) in [5.41, 5.74) is 4.59. The predicted molar refractivity (Wildman–Crippen MR) is 148 cm³/mol. The van der Waals surface area contributed by atoms with E-state index in [2.05, 4.69) is 33.1 Å². The van der Waals surface area contributed by atoms with Crippen LogP contribution in [0.25, 0.3) is 0 Å². The van der Waals surface area contributed by atoms with E-state index in [1.165, 1.54) is 0 Å². The topological polar surface area (TPSA) is 69.2 Å². The number of carbonyl (C=O) groups is 1. The zero-order chi connectivity index (χ0) is 25.2. The molecule has 0 saturated heterocycles. The Kier molecular flexibility index (Phi) is 10.5. The number of nitrogens with zero attached hydrogens (tertiary/aromatic N) is 1. The molecule has 0 aliphatic rings. The summed E-state index contributed by atoms with van der Waals surface area (Å²) in [6.07, 6.45) is 2.48. The zero-order valence-corrected chi connectivity index (χ0v) is 23.0. The van der Waals surface area contributed by atoms with E-state index in [1.807, 2.05) is 26.0 Å². The first-order valence-corrected chi connectivity index (χ1v) is 12.8. The number of benzene rings is 3. The van der Waals surface area contributed by atoms with E-state index in [0.29, 0.717) is 40.3 Å². The van der Waals surface area contributed by atoms with Crippen molar-refractivity contribution in [2.75, 3.05) is 13.2 Å². The summed E-state index contributed by atoms with van der Waals surface area (Å²) in [5, 5.41) is 5.19. The van der Waals surface area contributed by atoms with Crippen molar-refractivity contribution < 1.29 is 19.0 Å². The van der Waals surface area contributed by atoms with Crippen molar-refractivity contribution in [2.45, 2.75) is 26.9 Å². The van der Waals surface area contributed by atoms with Crippen LogP contribution in [0.4, 0.5) is 0 Å². The molecule has 3 aromatic rings. The molecular formula is C26H25Cl2IN2O4. The minimum Gasteiger partial charge on any atom is -0.494 e. The van der Waals surface area contributed by atoms with Crippen LogP contribution in [0.1, 0.15) is 41.8 Å². The molecule has 6 nitrogen and oxygen atoms in total. The molecule has 0 fully saturated rings. The second kappa shape index (κ2) is 13.6. The molecule has 0 aromatic heterocycles. The van der Waals surface area contributed by atoms with Gasteiger partial charge in [-0.25, -0.2) is 5.43 Å². The number of hydrogen-bond acceptors (Lipinski definition) is 5. The molecule has 184 valence electrons. The van der Waals surface area contributed by atoms with E-state index in [4.69, 9.17) is 37.4 Å². The van der Waals surface area contributed by atoms with Crippen LogP contribution in [0.2, 0.25) is 10.0 Å². The van der Waals surface area contributed by atoms with Crippen LogP contribution in [0.5, 0.6) is 17.2 Å². The fourth-order valence-electron chi connectivity index (χ4n) is 3.01. The van der Waals surface area contributed by atoms with Gasteiger partial charge in [0, 0.05) is 21.2 Å². The van der Waals surface area contributed by atoms with Gasteiger partial charge in [0.25, 0.3) is 5.91 Å². The van der Waals surface area contributed by atoms with E-state index in [9.17, 15) is 4.79 Å². The number of hydrazone groups is 1. The van der Waals surface area contributed by atoms with Gasteiger partial charge in [-0.15, -0.1) is 0 Å². The molecule has 0 spiro atoms. The van der Waals surface area contributed by atoms with Crippen LogP contribution in [0, 0.1) is 3.57 Å². The molecule has 0 unspecified atom stereocenters. The quantitative estimate of drug-likeness (QED) is 0.140. The molecule has 0 aliphatic heterocycles. The molecule has 0 radical (unpaired) electrons. The van der Waals surface area contributed by atoms with E-state index in [-0.39, 0.29) is 12.5 Å². The van der Waals surface area contributed by atoms with Crippen LogP contribution in [0.3, 0.4) is 0 Å². The molecule has 1 amide bonds. The summed E-state index contributed by atoms with van der Waals surface area (Å²) in [4.78, 5) is 12.4. The van der Waals surface area contributed by atoms with Gasteiger partial charge >= 0.3 is 0 Å². The van der Waals surface area contributed by atoms with Crippen molar-refractivity contribution in [3.05, 3.63) is 84.9 Å². The van der Waals surface area contributed by atoms with Crippen LogP contribution >= 0.6 is 45.8 Å². The van der Waals surface area contributed by atoms with E-state index in [1.54, 1.807) is 48.7 Å². The normalized spacial score (nSPS) is 10.9. The summed E-state index contributed by atoms with van der Waals surface area (Å²) in [6.45, 7) is 5.29. The molecule has 0 bridgehead atoms. The summed E-state index contributed by atoms with van der Waals surface area (Å²) in [6, 6.07) is 15.9. The lowest BCUT2D eigenvalue weighted by atomic mass is 10.2. The molecule has 0 saturated carbocycles. The summed E-state index contributed by atoms with van der Waals surface area (Å²) >= 11 is 14.4. The highest BCUT2D eigenvalue weighted by Gasteiger charge is 2.13.